The maximum atomic E-state index is 12.8. The molecule has 0 aliphatic heterocycles. The highest BCUT2D eigenvalue weighted by atomic mass is 32.2. The number of rotatable bonds is 5. The number of benzene rings is 2. The van der Waals surface area contributed by atoms with Gasteiger partial charge in [0.2, 0.25) is 0 Å². The molecule has 26 heavy (non-hydrogen) atoms. The van der Waals surface area contributed by atoms with Gasteiger partial charge in [0, 0.05) is 12.3 Å². The zero-order valence-corrected chi connectivity index (χ0v) is 16.3. The zero-order valence-electron chi connectivity index (χ0n) is 15.4. The predicted octanol–water partition coefficient (Wildman–Crippen LogP) is 3.97. The van der Waals surface area contributed by atoms with Gasteiger partial charge < -0.3 is 0 Å². The van der Waals surface area contributed by atoms with Crippen molar-refractivity contribution in [3.63, 3.8) is 0 Å². The van der Waals surface area contributed by atoms with Crippen LogP contribution in [-0.2, 0) is 16.6 Å². The lowest BCUT2D eigenvalue weighted by Crippen LogP contribution is -2.16. The molecule has 0 saturated heterocycles. The first-order chi connectivity index (χ1) is 12.2. The van der Waals surface area contributed by atoms with Crippen LogP contribution in [0.1, 0.15) is 27.8 Å². The van der Waals surface area contributed by atoms with Crippen molar-refractivity contribution in [1.82, 2.24) is 9.78 Å². The molecule has 0 bridgehead atoms. The Hall–Kier alpha value is -2.60. The van der Waals surface area contributed by atoms with E-state index in [1.807, 2.05) is 64.1 Å². The third-order valence-corrected chi connectivity index (χ3v) is 5.88. The average molecular weight is 369 g/mol. The van der Waals surface area contributed by atoms with E-state index >= 15 is 0 Å². The Labute approximate surface area is 154 Å². The first-order valence-corrected chi connectivity index (χ1v) is 9.92. The van der Waals surface area contributed by atoms with Crippen molar-refractivity contribution in [3.05, 3.63) is 76.5 Å². The van der Waals surface area contributed by atoms with Gasteiger partial charge in [-0.2, -0.15) is 5.10 Å². The van der Waals surface area contributed by atoms with Gasteiger partial charge in [-0.15, -0.1) is 0 Å². The highest BCUT2D eigenvalue weighted by Crippen LogP contribution is 2.23. The fourth-order valence-electron chi connectivity index (χ4n) is 3.16. The van der Waals surface area contributed by atoms with Crippen LogP contribution in [0.25, 0.3) is 0 Å². The van der Waals surface area contributed by atoms with E-state index in [2.05, 4.69) is 9.82 Å². The Morgan fingerprint density at radius 1 is 0.923 bits per heavy atom. The molecule has 0 amide bonds. The molecule has 0 radical (unpaired) electrons. The second-order valence-electron chi connectivity index (χ2n) is 6.72. The van der Waals surface area contributed by atoms with Crippen molar-refractivity contribution in [1.29, 1.82) is 0 Å². The van der Waals surface area contributed by atoms with Gasteiger partial charge in [-0.3, -0.25) is 9.40 Å². The third-order valence-electron chi connectivity index (χ3n) is 4.22. The molecule has 2 aromatic carbocycles. The van der Waals surface area contributed by atoms with E-state index in [0.717, 1.165) is 22.3 Å². The van der Waals surface area contributed by atoms with Crippen molar-refractivity contribution in [3.8, 4) is 0 Å². The Bertz CT molecular complexity index is 1010. The molecule has 136 valence electrons. The Morgan fingerprint density at radius 2 is 1.54 bits per heavy atom. The molecule has 1 aromatic heterocycles. The number of nitrogens with zero attached hydrogens (tertiary/aromatic N) is 2. The average Bonchev–Trinajstić information content (AvgIpc) is 2.94. The minimum absolute atomic E-state index is 0.316. The summed E-state index contributed by atoms with van der Waals surface area (Å²) < 4.78 is 29.9. The van der Waals surface area contributed by atoms with Gasteiger partial charge in [-0.25, -0.2) is 8.42 Å². The van der Waals surface area contributed by atoms with Crippen LogP contribution in [0.4, 0.5) is 5.82 Å². The van der Waals surface area contributed by atoms with Crippen molar-refractivity contribution < 1.29 is 8.42 Å². The molecular formula is C20H23N3O2S. The minimum Gasteiger partial charge on any atom is -0.266 e. The molecule has 0 aliphatic carbocycles. The normalized spacial score (nSPS) is 11.5. The van der Waals surface area contributed by atoms with Crippen molar-refractivity contribution in [2.24, 2.45) is 0 Å². The predicted molar refractivity (Wildman–Crippen MR) is 104 cm³/mol. The standard InChI is InChI=1S/C20H23N3O2S/c1-14-5-7-18(8-6-14)13-23-10-9-19(21-23)22-26(24,25)20-16(3)11-15(2)12-17(20)4/h5-12H,13H2,1-4H3,(H,21,22). The molecule has 3 aromatic rings. The zero-order chi connectivity index (χ0) is 18.9. The van der Waals surface area contributed by atoms with Gasteiger partial charge in [0.1, 0.15) is 0 Å². The summed E-state index contributed by atoms with van der Waals surface area (Å²) in [5.41, 5.74) is 4.81. The Balaban J connectivity index is 1.81. The fourth-order valence-corrected chi connectivity index (χ4v) is 4.62. The molecule has 0 aliphatic rings. The second kappa shape index (κ2) is 6.96. The third kappa shape index (κ3) is 3.96. The van der Waals surface area contributed by atoms with Gasteiger partial charge >= 0.3 is 0 Å². The highest BCUT2D eigenvalue weighted by Gasteiger charge is 2.21. The van der Waals surface area contributed by atoms with Crippen molar-refractivity contribution in [2.75, 3.05) is 4.72 Å². The van der Waals surface area contributed by atoms with E-state index in [0.29, 0.717) is 17.3 Å². The van der Waals surface area contributed by atoms with E-state index < -0.39 is 10.0 Å². The molecule has 0 spiro atoms. The summed E-state index contributed by atoms with van der Waals surface area (Å²) in [6, 6.07) is 13.6. The van der Waals surface area contributed by atoms with E-state index in [9.17, 15) is 8.42 Å². The van der Waals surface area contributed by atoms with E-state index in [1.165, 1.54) is 5.56 Å². The van der Waals surface area contributed by atoms with Crippen LogP contribution in [0.5, 0.6) is 0 Å². The molecule has 0 fully saturated rings. The maximum absolute atomic E-state index is 12.8. The first kappa shape index (κ1) is 18.2. The number of hydrogen-bond acceptors (Lipinski definition) is 3. The molecule has 1 heterocycles. The Kier molecular flexibility index (Phi) is 4.87. The van der Waals surface area contributed by atoms with Crippen molar-refractivity contribution >= 4 is 15.8 Å². The Morgan fingerprint density at radius 3 is 2.15 bits per heavy atom. The summed E-state index contributed by atoms with van der Waals surface area (Å²) in [5, 5.41) is 4.34. The second-order valence-corrected chi connectivity index (χ2v) is 8.34. The summed E-state index contributed by atoms with van der Waals surface area (Å²) in [6.45, 7) is 8.20. The van der Waals surface area contributed by atoms with Crippen LogP contribution in [0.2, 0.25) is 0 Å². The number of anilines is 1. The molecular weight excluding hydrogens is 346 g/mol. The van der Waals surface area contributed by atoms with Crippen LogP contribution in [-0.4, -0.2) is 18.2 Å². The lowest BCUT2D eigenvalue weighted by atomic mass is 10.1. The van der Waals surface area contributed by atoms with Gasteiger partial charge in [0.15, 0.2) is 5.82 Å². The first-order valence-electron chi connectivity index (χ1n) is 8.44. The molecule has 5 nitrogen and oxygen atoms in total. The maximum Gasteiger partial charge on any atom is 0.263 e. The summed E-state index contributed by atoms with van der Waals surface area (Å²) >= 11 is 0. The van der Waals surface area contributed by atoms with Gasteiger partial charge in [0.25, 0.3) is 10.0 Å². The number of sulfonamides is 1. The molecule has 3 rings (SSSR count). The van der Waals surface area contributed by atoms with Crippen molar-refractivity contribution in [2.45, 2.75) is 39.1 Å². The quantitative estimate of drug-likeness (QED) is 0.740. The molecule has 0 saturated carbocycles. The lowest BCUT2D eigenvalue weighted by Gasteiger charge is -2.12. The van der Waals surface area contributed by atoms with E-state index in [1.54, 1.807) is 16.9 Å². The molecule has 0 atom stereocenters. The summed E-state index contributed by atoms with van der Waals surface area (Å²) in [5.74, 6) is 0.316. The molecule has 1 N–H and O–H groups in total. The van der Waals surface area contributed by atoms with Gasteiger partial charge in [-0.05, 0) is 44.4 Å². The van der Waals surface area contributed by atoms with E-state index in [4.69, 9.17) is 0 Å². The fraction of sp³-hybridized carbons (Fsp3) is 0.250. The SMILES string of the molecule is Cc1ccc(Cn2ccc(NS(=O)(=O)c3c(C)cc(C)cc3C)n2)cc1. The van der Waals surface area contributed by atoms with Gasteiger partial charge in [-0.1, -0.05) is 47.5 Å². The number of hydrogen-bond donors (Lipinski definition) is 1. The largest absolute Gasteiger partial charge is 0.266 e. The number of nitrogens with one attached hydrogen (secondary N) is 1. The summed E-state index contributed by atoms with van der Waals surface area (Å²) in [6.07, 6.45) is 1.77. The molecule has 0 unspecified atom stereocenters. The minimum atomic E-state index is -3.68. The monoisotopic (exact) mass is 369 g/mol. The molecule has 6 heteroatoms. The topological polar surface area (TPSA) is 64.0 Å². The van der Waals surface area contributed by atoms with Gasteiger partial charge in [0.05, 0.1) is 11.4 Å². The number of aryl methyl sites for hydroxylation is 4. The van der Waals surface area contributed by atoms with Crippen LogP contribution >= 0.6 is 0 Å². The summed E-state index contributed by atoms with van der Waals surface area (Å²) in [4.78, 5) is 0.316. The van der Waals surface area contributed by atoms with E-state index in [-0.39, 0.29) is 0 Å². The lowest BCUT2D eigenvalue weighted by molar-refractivity contribution is 0.599. The van der Waals surface area contributed by atoms with Crippen LogP contribution in [0.3, 0.4) is 0 Å². The highest BCUT2D eigenvalue weighted by molar-refractivity contribution is 7.92. The number of aromatic nitrogens is 2. The van der Waals surface area contributed by atoms with Crippen LogP contribution < -0.4 is 4.72 Å². The summed E-state index contributed by atoms with van der Waals surface area (Å²) in [7, 11) is -3.68. The smallest absolute Gasteiger partial charge is 0.263 e. The van der Waals surface area contributed by atoms with Crippen LogP contribution in [0, 0.1) is 27.7 Å². The van der Waals surface area contributed by atoms with Crippen LogP contribution in [0.15, 0.2) is 53.6 Å².